The zero-order valence-corrected chi connectivity index (χ0v) is 15.2. The van der Waals surface area contributed by atoms with Gasteiger partial charge in [0.1, 0.15) is 0 Å². The fourth-order valence-corrected chi connectivity index (χ4v) is 2.80. The molecule has 0 heterocycles. The van der Waals surface area contributed by atoms with Crippen LogP contribution >= 0.6 is 0 Å². The van der Waals surface area contributed by atoms with Crippen molar-refractivity contribution in [1.29, 1.82) is 0 Å². The van der Waals surface area contributed by atoms with Gasteiger partial charge in [-0.1, -0.05) is 54.7 Å². The van der Waals surface area contributed by atoms with Crippen LogP contribution in [0, 0.1) is 13.8 Å². The quantitative estimate of drug-likeness (QED) is 0.499. The molecule has 0 saturated heterocycles. The monoisotopic (exact) mass is 310 g/mol. The molecule has 1 heteroatoms. The van der Waals surface area contributed by atoms with Crippen molar-refractivity contribution in [3.05, 3.63) is 82.5 Å². The number of aliphatic hydroxyl groups is 1. The minimum absolute atomic E-state index is 0.0596. The Morgan fingerprint density at radius 1 is 1.22 bits per heavy atom. The molecule has 0 aliphatic rings. The second-order valence-corrected chi connectivity index (χ2v) is 6.00. The van der Waals surface area contributed by atoms with E-state index in [1.807, 2.05) is 19.1 Å². The Hall–Kier alpha value is -1.86. The summed E-state index contributed by atoms with van der Waals surface area (Å²) in [6, 6.07) is 6.61. The highest BCUT2D eigenvalue weighted by atomic mass is 16.3. The molecule has 0 amide bonds. The summed E-state index contributed by atoms with van der Waals surface area (Å²) in [5.41, 5.74) is 7.26. The first-order valence-electron chi connectivity index (χ1n) is 8.26. The Morgan fingerprint density at radius 2 is 1.91 bits per heavy atom. The molecule has 0 spiro atoms. The van der Waals surface area contributed by atoms with Crippen LogP contribution in [0.5, 0.6) is 0 Å². The molecule has 0 fully saturated rings. The summed E-state index contributed by atoms with van der Waals surface area (Å²) < 4.78 is 0. The van der Waals surface area contributed by atoms with E-state index in [-0.39, 0.29) is 12.5 Å². The van der Waals surface area contributed by atoms with E-state index in [0.29, 0.717) is 0 Å². The first-order valence-corrected chi connectivity index (χ1v) is 8.26. The Labute approximate surface area is 141 Å². The van der Waals surface area contributed by atoms with Gasteiger partial charge in [0.05, 0.1) is 6.61 Å². The van der Waals surface area contributed by atoms with Gasteiger partial charge in [0.25, 0.3) is 0 Å². The summed E-state index contributed by atoms with van der Waals surface area (Å²) in [6.45, 7) is 14.6. The van der Waals surface area contributed by atoms with E-state index in [2.05, 4.69) is 64.6 Å². The maximum atomic E-state index is 9.84. The first kappa shape index (κ1) is 19.2. The molecule has 1 N–H and O–H groups in total. The average Bonchev–Trinajstić information content (AvgIpc) is 2.56. The van der Waals surface area contributed by atoms with Crippen molar-refractivity contribution in [1.82, 2.24) is 0 Å². The summed E-state index contributed by atoms with van der Waals surface area (Å²) in [4.78, 5) is 0. The molecule has 1 unspecified atom stereocenters. The molecule has 1 nitrogen and oxygen atoms in total. The van der Waals surface area contributed by atoms with E-state index in [0.717, 1.165) is 17.6 Å². The zero-order valence-electron chi connectivity index (χ0n) is 15.2. The molecule has 1 aromatic carbocycles. The van der Waals surface area contributed by atoms with Gasteiger partial charge in [-0.2, -0.15) is 0 Å². The van der Waals surface area contributed by atoms with Crippen molar-refractivity contribution in [2.75, 3.05) is 6.61 Å². The van der Waals surface area contributed by atoms with Crippen LogP contribution in [0.3, 0.4) is 0 Å². The van der Waals surface area contributed by atoms with Gasteiger partial charge >= 0.3 is 0 Å². The Balaban J connectivity index is 3.52. The van der Waals surface area contributed by atoms with E-state index in [1.165, 1.54) is 22.3 Å². The highest BCUT2D eigenvalue weighted by molar-refractivity contribution is 5.47. The second-order valence-electron chi connectivity index (χ2n) is 6.00. The molecule has 0 bridgehead atoms. The molecule has 1 aromatic rings. The van der Waals surface area contributed by atoms with Crippen LogP contribution in [0.4, 0.5) is 0 Å². The van der Waals surface area contributed by atoms with Crippen molar-refractivity contribution in [2.45, 2.75) is 47.0 Å². The lowest BCUT2D eigenvalue weighted by Crippen LogP contribution is -2.08. The molecule has 0 radical (unpaired) electrons. The van der Waals surface area contributed by atoms with Crippen molar-refractivity contribution in [3.8, 4) is 0 Å². The first-order chi connectivity index (χ1) is 11.0. The van der Waals surface area contributed by atoms with Crippen LogP contribution in [0.2, 0.25) is 0 Å². The molecule has 1 atom stereocenters. The molecule has 0 aromatic heterocycles. The van der Waals surface area contributed by atoms with Gasteiger partial charge in [0.2, 0.25) is 0 Å². The summed E-state index contributed by atoms with van der Waals surface area (Å²) >= 11 is 0. The van der Waals surface area contributed by atoms with Gasteiger partial charge in [0, 0.05) is 5.92 Å². The molecule has 0 aliphatic carbocycles. The van der Waals surface area contributed by atoms with Crippen molar-refractivity contribution in [2.24, 2.45) is 0 Å². The number of allylic oxidation sites excluding steroid dienone is 6. The van der Waals surface area contributed by atoms with Crippen LogP contribution < -0.4 is 0 Å². The van der Waals surface area contributed by atoms with Crippen LogP contribution in [0.1, 0.15) is 49.8 Å². The van der Waals surface area contributed by atoms with Crippen molar-refractivity contribution < 1.29 is 5.11 Å². The van der Waals surface area contributed by atoms with Gasteiger partial charge in [-0.3, -0.25) is 0 Å². The van der Waals surface area contributed by atoms with Gasteiger partial charge in [0.15, 0.2) is 0 Å². The summed E-state index contributed by atoms with van der Waals surface area (Å²) in [5.74, 6) is 0.143. The predicted octanol–water partition coefficient (Wildman–Crippen LogP) is 5.79. The number of benzene rings is 1. The smallest absolute Gasteiger partial charge is 0.0650 e. The van der Waals surface area contributed by atoms with E-state index in [1.54, 1.807) is 0 Å². The molecule has 1 rings (SSSR count). The molecule has 0 saturated carbocycles. The van der Waals surface area contributed by atoms with Gasteiger partial charge in [-0.25, -0.2) is 0 Å². The minimum atomic E-state index is 0.0596. The zero-order chi connectivity index (χ0) is 17.4. The predicted molar refractivity (Wildman–Crippen MR) is 102 cm³/mol. The van der Waals surface area contributed by atoms with Gasteiger partial charge in [-0.05, 0) is 68.9 Å². The number of hydrogen-bond donors (Lipinski definition) is 1. The standard InChI is InChI=1S/C22H30O/c1-7-10-11-20(15-23)21(9-3)22(16(4)8-2)19-13-12-17(5)18(6)14-19/h7-10,12-14,22-23H,3,11,15H2,1-2,4-6H3/b10-7-,16-8+,21-20-. The lowest BCUT2D eigenvalue weighted by Gasteiger charge is -2.24. The largest absolute Gasteiger partial charge is 0.392 e. The van der Waals surface area contributed by atoms with Gasteiger partial charge in [-0.15, -0.1) is 0 Å². The fraction of sp³-hybridized carbons (Fsp3) is 0.364. The fourth-order valence-electron chi connectivity index (χ4n) is 2.80. The van der Waals surface area contributed by atoms with E-state index in [4.69, 9.17) is 0 Å². The molecular formula is C22H30O. The molecule has 124 valence electrons. The van der Waals surface area contributed by atoms with Crippen LogP contribution in [0.15, 0.2) is 65.8 Å². The summed E-state index contributed by atoms with van der Waals surface area (Å²) in [6.07, 6.45) is 8.91. The van der Waals surface area contributed by atoms with E-state index >= 15 is 0 Å². The van der Waals surface area contributed by atoms with Crippen LogP contribution in [-0.4, -0.2) is 11.7 Å². The third-order valence-corrected chi connectivity index (χ3v) is 4.50. The van der Waals surface area contributed by atoms with Crippen LogP contribution in [0.25, 0.3) is 0 Å². The second kappa shape index (κ2) is 9.32. The van der Waals surface area contributed by atoms with Crippen molar-refractivity contribution in [3.63, 3.8) is 0 Å². The number of aliphatic hydroxyl groups excluding tert-OH is 1. The van der Waals surface area contributed by atoms with E-state index in [9.17, 15) is 5.11 Å². The lowest BCUT2D eigenvalue weighted by molar-refractivity contribution is 0.327. The van der Waals surface area contributed by atoms with Gasteiger partial charge < -0.3 is 5.11 Å². The number of hydrogen-bond acceptors (Lipinski definition) is 1. The number of rotatable bonds is 7. The Morgan fingerprint density at radius 3 is 2.39 bits per heavy atom. The van der Waals surface area contributed by atoms with Crippen molar-refractivity contribution >= 4 is 0 Å². The molecule has 0 aliphatic heterocycles. The minimum Gasteiger partial charge on any atom is -0.392 e. The summed E-state index contributed by atoms with van der Waals surface area (Å²) in [5, 5.41) is 9.84. The molecule has 23 heavy (non-hydrogen) atoms. The molecular weight excluding hydrogens is 280 g/mol. The number of aryl methyl sites for hydroxylation is 2. The third kappa shape index (κ3) is 4.80. The lowest BCUT2D eigenvalue weighted by atomic mass is 9.81. The van der Waals surface area contributed by atoms with E-state index < -0.39 is 0 Å². The highest BCUT2D eigenvalue weighted by Gasteiger charge is 2.19. The Bertz CT molecular complexity index is 629. The topological polar surface area (TPSA) is 20.2 Å². The highest BCUT2D eigenvalue weighted by Crippen LogP contribution is 2.35. The SMILES string of the molecule is C=C/C(=C(/CO)C/C=C\C)C(/C(C)=C/C)c1ccc(C)c(C)c1. The Kier molecular flexibility index (Phi) is 7.77. The third-order valence-electron chi connectivity index (χ3n) is 4.50. The normalized spacial score (nSPS) is 14.8. The maximum absolute atomic E-state index is 9.84. The maximum Gasteiger partial charge on any atom is 0.0650 e. The summed E-state index contributed by atoms with van der Waals surface area (Å²) in [7, 11) is 0. The van der Waals surface area contributed by atoms with Crippen LogP contribution in [-0.2, 0) is 0 Å². The average molecular weight is 310 g/mol.